The Labute approximate surface area is 395 Å². The lowest BCUT2D eigenvalue weighted by Crippen LogP contribution is -2.28. The summed E-state index contributed by atoms with van der Waals surface area (Å²) in [6, 6.07) is 96.5. The summed E-state index contributed by atoms with van der Waals surface area (Å²) in [5.74, 6) is 0. The first-order chi connectivity index (χ1) is 33.3. The summed E-state index contributed by atoms with van der Waals surface area (Å²) in [4.78, 5) is 2.56. The summed E-state index contributed by atoms with van der Waals surface area (Å²) in [5, 5.41) is 5.02. The number of thiophene rings is 1. The van der Waals surface area contributed by atoms with Gasteiger partial charge in [0.25, 0.3) is 0 Å². The molecule has 0 saturated heterocycles. The van der Waals surface area contributed by atoms with Gasteiger partial charge < -0.3 is 4.90 Å². The van der Waals surface area contributed by atoms with E-state index >= 15 is 0 Å². The molecule has 0 fully saturated rings. The van der Waals surface area contributed by atoms with E-state index in [-0.39, 0.29) is 0 Å². The van der Waals surface area contributed by atoms with Crippen LogP contribution in [-0.4, -0.2) is 0 Å². The third kappa shape index (κ3) is 6.14. The quantitative estimate of drug-likeness (QED) is 0.147. The summed E-state index contributed by atoms with van der Waals surface area (Å²) in [7, 11) is 0. The highest BCUT2D eigenvalue weighted by molar-refractivity contribution is 7.26. The lowest BCUT2D eigenvalue weighted by Gasteiger charge is -2.35. The Kier molecular flexibility index (Phi) is 9.33. The zero-order valence-corrected chi connectivity index (χ0v) is 37.5. The number of fused-ring (bicyclic) bond motifs is 7. The lowest BCUT2D eigenvalue weighted by atomic mass is 9.68. The molecule has 1 aliphatic rings. The van der Waals surface area contributed by atoms with Gasteiger partial charge in [0.15, 0.2) is 0 Å². The van der Waals surface area contributed by atoms with Crippen LogP contribution in [-0.2, 0) is 5.41 Å². The topological polar surface area (TPSA) is 3.24 Å². The molecule has 0 saturated carbocycles. The molecular weight excluding hydrogens is 827 g/mol. The number of nitrogens with zero attached hydrogens (tertiary/aromatic N) is 1. The van der Waals surface area contributed by atoms with Crippen molar-refractivity contribution in [3.8, 4) is 44.5 Å². The molecule has 12 aromatic rings. The predicted molar refractivity (Wildman–Crippen MR) is 285 cm³/mol. The number of benzene rings is 11. The molecular formula is C65H43NS. The van der Waals surface area contributed by atoms with E-state index in [1.807, 2.05) is 11.3 Å². The SMILES string of the molecule is c1ccc(-c2ccc(N(c3cccc(-c4cccc5ccccc45)c3-c3cccc4c3sc3ccccc34)c3cccc4c3-c3ccccc3C4(c3ccccc3)c3ccccc3)cc2)cc1. The van der Waals surface area contributed by atoms with E-state index < -0.39 is 5.41 Å². The van der Waals surface area contributed by atoms with Gasteiger partial charge in [0.2, 0.25) is 0 Å². The van der Waals surface area contributed by atoms with Crippen molar-refractivity contribution < 1.29 is 0 Å². The molecule has 0 amide bonds. The highest BCUT2D eigenvalue weighted by atomic mass is 32.1. The standard InChI is InChI=1S/C65H43NS/c1-4-20-44(21-5-1)45-40-42-49(43-41-45)66(60-38-19-36-58-63(60)55-30-12-14-35-57(55)65(58,47-24-6-2-7-25-47)48-26-8-3-9-27-48)59-37-18-32-53(51-31-16-23-46-22-10-11-28-50(46)51)62(59)56-34-17-33-54-52-29-13-15-39-61(52)67-64(54)56/h1-43H. The van der Waals surface area contributed by atoms with Crippen LogP contribution in [0.1, 0.15) is 22.3 Å². The van der Waals surface area contributed by atoms with Gasteiger partial charge in [-0.25, -0.2) is 0 Å². The third-order valence-corrected chi connectivity index (χ3v) is 15.2. The Morgan fingerprint density at radius 1 is 0.313 bits per heavy atom. The lowest BCUT2D eigenvalue weighted by molar-refractivity contribution is 0.768. The van der Waals surface area contributed by atoms with E-state index in [1.54, 1.807) is 0 Å². The average Bonchev–Trinajstić information content (AvgIpc) is 3.94. The van der Waals surface area contributed by atoms with Gasteiger partial charge in [0.1, 0.15) is 0 Å². The summed E-state index contributed by atoms with van der Waals surface area (Å²) < 4.78 is 2.57. The van der Waals surface area contributed by atoms with Gasteiger partial charge in [-0.3, -0.25) is 0 Å². The Morgan fingerprint density at radius 3 is 1.60 bits per heavy atom. The van der Waals surface area contributed by atoms with Crippen molar-refractivity contribution in [2.24, 2.45) is 0 Å². The maximum atomic E-state index is 2.56. The Balaban J connectivity index is 1.16. The number of hydrogen-bond donors (Lipinski definition) is 0. The van der Waals surface area contributed by atoms with Gasteiger partial charge >= 0.3 is 0 Å². The van der Waals surface area contributed by atoms with Crippen molar-refractivity contribution in [1.82, 2.24) is 0 Å². The first-order valence-corrected chi connectivity index (χ1v) is 23.9. The molecule has 0 aliphatic heterocycles. The molecule has 0 unspecified atom stereocenters. The number of hydrogen-bond acceptors (Lipinski definition) is 2. The van der Waals surface area contributed by atoms with Crippen LogP contribution < -0.4 is 4.90 Å². The van der Waals surface area contributed by atoms with Gasteiger partial charge in [-0.15, -0.1) is 11.3 Å². The molecule has 2 heteroatoms. The van der Waals surface area contributed by atoms with E-state index in [1.165, 1.54) is 97.7 Å². The predicted octanol–water partition coefficient (Wildman–Crippen LogP) is 18.0. The molecule has 0 N–H and O–H groups in total. The molecule has 0 atom stereocenters. The number of rotatable bonds is 8. The van der Waals surface area contributed by atoms with Gasteiger partial charge in [-0.05, 0) is 91.2 Å². The highest BCUT2D eigenvalue weighted by Gasteiger charge is 2.47. The van der Waals surface area contributed by atoms with Crippen molar-refractivity contribution >= 4 is 59.3 Å². The summed E-state index contributed by atoms with van der Waals surface area (Å²) >= 11 is 1.89. The monoisotopic (exact) mass is 869 g/mol. The van der Waals surface area contributed by atoms with E-state index in [0.29, 0.717) is 0 Å². The maximum absolute atomic E-state index is 2.56. The molecule has 0 spiro atoms. The Hall–Kier alpha value is -8.30. The molecule has 1 heterocycles. The highest BCUT2D eigenvalue weighted by Crippen LogP contribution is 2.60. The Morgan fingerprint density at radius 2 is 0.821 bits per heavy atom. The van der Waals surface area contributed by atoms with Crippen molar-refractivity contribution in [1.29, 1.82) is 0 Å². The van der Waals surface area contributed by atoms with Crippen LogP contribution in [0.2, 0.25) is 0 Å². The fourth-order valence-corrected chi connectivity index (χ4v) is 12.4. The average molecular weight is 870 g/mol. The van der Waals surface area contributed by atoms with Crippen LogP contribution in [0.25, 0.3) is 75.5 Å². The smallest absolute Gasteiger partial charge is 0.0714 e. The van der Waals surface area contributed by atoms with E-state index in [2.05, 4.69) is 266 Å². The maximum Gasteiger partial charge on any atom is 0.0714 e. The van der Waals surface area contributed by atoms with Crippen molar-refractivity contribution in [2.45, 2.75) is 5.41 Å². The van der Waals surface area contributed by atoms with Crippen LogP contribution >= 0.6 is 11.3 Å². The number of anilines is 3. The zero-order chi connectivity index (χ0) is 44.3. The first-order valence-electron chi connectivity index (χ1n) is 23.1. The molecule has 67 heavy (non-hydrogen) atoms. The van der Waals surface area contributed by atoms with Crippen LogP contribution in [0.4, 0.5) is 17.1 Å². The fourth-order valence-electron chi connectivity index (χ4n) is 11.1. The van der Waals surface area contributed by atoms with Crippen molar-refractivity contribution in [3.63, 3.8) is 0 Å². The third-order valence-electron chi connectivity index (χ3n) is 14.0. The minimum atomic E-state index is -0.552. The van der Waals surface area contributed by atoms with E-state index in [0.717, 1.165) is 17.1 Å². The van der Waals surface area contributed by atoms with Gasteiger partial charge in [0, 0.05) is 42.6 Å². The van der Waals surface area contributed by atoms with Crippen LogP contribution in [0.15, 0.2) is 261 Å². The molecule has 314 valence electrons. The summed E-state index contributed by atoms with van der Waals surface area (Å²) in [6.45, 7) is 0. The fraction of sp³-hybridized carbons (Fsp3) is 0.0154. The van der Waals surface area contributed by atoms with E-state index in [4.69, 9.17) is 0 Å². The van der Waals surface area contributed by atoms with Crippen molar-refractivity contribution in [3.05, 3.63) is 283 Å². The molecule has 0 bridgehead atoms. The van der Waals surface area contributed by atoms with Crippen LogP contribution in [0, 0.1) is 0 Å². The second kappa shape index (κ2) is 16.0. The normalized spacial score (nSPS) is 12.6. The zero-order valence-electron chi connectivity index (χ0n) is 36.7. The van der Waals surface area contributed by atoms with Gasteiger partial charge in [0.05, 0.1) is 16.8 Å². The summed E-state index contributed by atoms with van der Waals surface area (Å²) in [5.41, 5.74) is 17.5. The molecule has 1 nitrogen and oxygen atoms in total. The Bertz CT molecular complexity index is 3750. The van der Waals surface area contributed by atoms with Crippen LogP contribution in [0.3, 0.4) is 0 Å². The largest absolute Gasteiger partial charge is 0.309 e. The molecule has 1 aliphatic carbocycles. The molecule has 11 aromatic carbocycles. The molecule has 1 aromatic heterocycles. The molecule has 13 rings (SSSR count). The first kappa shape index (κ1) is 39.1. The second-order valence-electron chi connectivity index (χ2n) is 17.5. The van der Waals surface area contributed by atoms with Crippen molar-refractivity contribution in [2.75, 3.05) is 4.90 Å². The molecule has 0 radical (unpaired) electrons. The van der Waals surface area contributed by atoms with Crippen LogP contribution in [0.5, 0.6) is 0 Å². The van der Waals surface area contributed by atoms with Gasteiger partial charge in [-0.1, -0.05) is 231 Å². The minimum Gasteiger partial charge on any atom is -0.309 e. The summed E-state index contributed by atoms with van der Waals surface area (Å²) in [6.07, 6.45) is 0. The second-order valence-corrected chi connectivity index (χ2v) is 18.5. The van der Waals surface area contributed by atoms with Gasteiger partial charge in [-0.2, -0.15) is 0 Å². The van der Waals surface area contributed by atoms with E-state index in [9.17, 15) is 0 Å². The minimum absolute atomic E-state index is 0.552.